The van der Waals surface area contributed by atoms with E-state index in [9.17, 15) is 9.50 Å². The van der Waals surface area contributed by atoms with Gasteiger partial charge in [0.05, 0.1) is 19.3 Å². The summed E-state index contributed by atoms with van der Waals surface area (Å²) in [6, 6.07) is 6.46. The van der Waals surface area contributed by atoms with Crippen LogP contribution in [-0.2, 0) is 11.3 Å². The molecule has 0 unspecified atom stereocenters. The second kappa shape index (κ2) is 5.39. The second-order valence-electron chi connectivity index (χ2n) is 4.09. The van der Waals surface area contributed by atoms with Crippen LogP contribution in [0.5, 0.6) is 0 Å². The highest BCUT2D eigenvalue weighted by Crippen LogP contribution is 2.09. The SMILES string of the molecule is O[C@H]1COCCN(Cc2ccc(F)cc2)C1. The Morgan fingerprint density at radius 3 is 2.88 bits per heavy atom. The molecule has 0 aromatic heterocycles. The van der Waals surface area contributed by atoms with Gasteiger partial charge in [-0.15, -0.1) is 0 Å². The van der Waals surface area contributed by atoms with Gasteiger partial charge in [0.1, 0.15) is 5.82 Å². The van der Waals surface area contributed by atoms with Crippen LogP contribution in [0.2, 0.25) is 0 Å². The minimum Gasteiger partial charge on any atom is -0.389 e. The van der Waals surface area contributed by atoms with Gasteiger partial charge in [-0.2, -0.15) is 0 Å². The predicted molar refractivity (Wildman–Crippen MR) is 58.5 cm³/mol. The van der Waals surface area contributed by atoms with Crippen molar-refractivity contribution >= 4 is 0 Å². The van der Waals surface area contributed by atoms with Gasteiger partial charge in [0.2, 0.25) is 0 Å². The summed E-state index contributed by atoms with van der Waals surface area (Å²) in [6.45, 7) is 3.17. The van der Waals surface area contributed by atoms with E-state index in [1.54, 1.807) is 12.1 Å². The molecule has 1 fully saturated rings. The van der Waals surface area contributed by atoms with Crippen LogP contribution >= 0.6 is 0 Å². The zero-order valence-corrected chi connectivity index (χ0v) is 9.10. The van der Waals surface area contributed by atoms with Crippen LogP contribution < -0.4 is 0 Å². The van der Waals surface area contributed by atoms with Gasteiger partial charge in [0, 0.05) is 19.6 Å². The fourth-order valence-electron chi connectivity index (χ4n) is 1.85. The number of hydrogen-bond donors (Lipinski definition) is 1. The third-order valence-corrected chi connectivity index (χ3v) is 2.65. The molecule has 1 aliphatic rings. The molecule has 0 radical (unpaired) electrons. The average molecular weight is 225 g/mol. The van der Waals surface area contributed by atoms with Crippen molar-refractivity contribution in [3.8, 4) is 0 Å². The molecule has 1 heterocycles. The van der Waals surface area contributed by atoms with Crippen LogP contribution in [-0.4, -0.2) is 42.4 Å². The zero-order valence-electron chi connectivity index (χ0n) is 9.10. The summed E-state index contributed by atoms with van der Waals surface area (Å²) in [7, 11) is 0. The molecule has 0 spiro atoms. The molecule has 1 aliphatic heterocycles. The van der Waals surface area contributed by atoms with E-state index in [1.165, 1.54) is 12.1 Å². The summed E-state index contributed by atoms with van der Waals surface area (Å²) in [5.41, 5.74) is 1.05. The lowest BCUT2D eigenvalue weighted by atomic mass is 10.2. The van der Waals surface area contributed by atoms with Gasteiger partial charge in [-0.3, -0.25) is 4.90 Å². The maximum absolute atomic E-state index is 12.7. The van der Waals surface area contributed by atoms with Gasteiger partial charge in [0.15, 0.2) is 0 Å². The molecule has 0 bridgehead atoms. The fraction of sp³-hybridized carbons (Fsp3) is 0.500. The first-order chi connectivity index (χ1) is 7.74. The van der Waals surface area contributed by atoms with E-state index in [0.29, 0.717) is 19.8 Å². The number of halogens is 1. The van der Waals surface area contributed by atoms with Gasteiger partial charge < -0.3 is 9.84 Å². The molecule has 0 amide bonds. The quantitative estimate of drug-likeness (QED) is 0.815. The molecule has 1 atom stereocenters. The highest BCUT2D eigenvalue weighted by molar-refractivity contribution is 5.15. The Morgan fingerprint density at radius 1 is 1.38 bits per heavy atom. The van der Waals surface area contributed by atoms with Crippen LogP contribution in [0.3, 0.4) is 0 Å². The highest BCUT2D eigenvalue weighted by atomic mass is 19.1. The smallest absolute Gasteiger partial charge is 0.123 e. The topological polar surface area (TPSA) is 32.7 Å². The number of β-amino-alcohol motifs (C(OH)–C–C–N with tert-alkyl or cyclic N) is 1. The molecule has 1 aromatic carbocycles. The molecule has 1 N–H and O–H groups in total. The van der Waals surface area contributed by atoms with Gasteiger partial charge in [-0.1, -0.05) is 12.1 Å². The molecular formula is C12H16FNO2. The van der Waals surface area contributed by atoms with Crippen LogP contribution in [0.25, 0.3) is 0 Å². The molecular weight excluding hydrogens is 209 g/mol. The molecule has 88 valence electrons. The lowest BCUT2D eigenvalue weighted by molar-refractivity contribution is 0.0562. The van der Waals surface area contributed by atoms with Crippen LogP contribution in [0.1, 0.15) is 5.56 Å². The fourth-order valence-corrected chi connectivity index (χ4v) is 1.85. The molecule has 4 heteroatoms. The third kappa shape index (κ3) is 3.27. The van der Waals surface area contributed by atoms with E-state index in [4.69, 9.17) is 4.74 Å². The first-order valence-electron chi connectivity index (χ1n) is 5.46. The van der Waals surface area contributed by atoms with Crippen molar-refractivity contribution < 1.29 is 14.2 Å². The first kappa shape index (κ1) is 11.5. The largest absolute Gasteiger partial charge is 0.389 e. The number of ether oxygens (including phenoxy) is 1. The van der Waals surface area contributed by atoms with E-state index >= 15 is 0 Å². The Morgan fingerprint density at radius 2 is 2.12 bits per heavy atom. The van der Waals surface area contributed by atoms with Gasteiger partial charge in [-0.25, -0.2) is 4.39 Å². The summed E-state index contributed by atoms with van der Waals surface area (Å²) in [6.07, 6.45) is -0.428. The number of benzene rings is 1. The first-order valence-corrected chi connectivity index (χ1v) is 5.46. The van der Waals surface area contributed by atoms with E-state index < -0.39 is 6.10 Å². The summed E-state index contributed by atoms with van der Waals surface area (Å²) < 4.78 is 18.0. The zero-order chi connectivity index (χ0) is 11.4. The molecule has 0 saturated carbocycles. The Bertz CT molecular complexity index is 328. The minimum absolute atomic E-state index is 0.219. The van der Waals surface area contributed by atoms with Crippen molar-refractivity contribution in [3.05, 3.63) is 35.6 Å². The Labute approximate surface area is 94.4 Å². The normalized spacial score (nSPS) is 23.0. The van der Waals surface area contributed by atoms with E-state index in [0.717, 1.165) is 18.7 Å². The maximum atomic E-state index is 12.7. The van der Waals surface area contributed by atoms with Crippen molar-refractivity contribution in [3.63, 3.8) is 0 Å². The summed E-state index contributed by atoms with van der Waals surface area (Å²) in [5.74, 6) is -0.219. The molecule has 1 aromatic rings. The van der Waals surface area contributed by atoms with Gasteiger partial charge >= 0.3 is 0 Å². The van der Waals surface area contributed by atoms with Crippen molar-refractivity contribution in [1.82, 2.24) is 4.90 Å². The third-order valence-electron chi connectivity index (χ3n) is 2.65. The Balaban J connectivity index is 1.95. The lowest BCUT2D eigenvalue weighted by Gasteiger charge is -2.20. The van der Waals surface area contributed by atoms with Crippen LogP contribution in [0.4, 0.5) is 4.39 Å². The maximum Gasteiger partial charge on any atom is 0.123 e. The molecule has 3 nitrogen and oxygen atoms in total. The van der Waals surface area contributed by atoms with Crippen molar-refractivity contribution in [2.24, 2.45) is 0 Å². The number of hydrogen-bond acceptors (Lipinski definition) is 3. The van der Waals surface area contributed by atoms with Crippen LogP contribution in [0, 0.1) is 5.82 Å². The average Bonchev–Trinajstić information content (AvgIpc) is 2.46. The summed E-state index contributed by atoms with van der Waals surface area (Å²) in [4.78, 5) is 2.12. The van der Waals surface area contributed by atoms with Gasteiger partial charge in [0.25, 0.3) is 0 Å². The number of aliphatic hydroxyl groups excluding tert-OH is 1. The molecule has 2 rings (SSSR count). The van der Waals surface area contributed by atoms with Crippen molar-refractivity contribution in [2.45, 2.75) is 12.6 Å². The minimum atomic E-state index is -0.428. The second-order valence-corrected chi connectivity index (χ2v) is 4.09. The number of nitrogens with zero attached hydrogens (tertiary/aromatic N) is 1. The Kier molecular flexibility index (Phi) is 3.88. The van der Waals surface area contributed by atoms with Crippen molar-refractivity contribution in [1.29, 1.82) is 0 Å². The van der Waals surface area contributed by atoms with E-state index in [-0.39, 0.29) is 5.82 Å². The highest BCUT2D eigenvalue weighted by Gasteiger charge is 2.16. The Hall–Kier alpha value is -0.970. The van der Waals surface area contributed by atoms with Gasteiger partial charge in [-0.05, 0) is 17.7 Å². The number of aliphatic hydroxyl groups is 1. The van der Waals surface area contributed by atoms with E-state index in [2.05, 4.69) is 4.90 Å². The predicted octanol–water partition coefficient (Wildman–Crippen LogP) is 1.02. The standard InChI is InChI=1S/C12H16FNO2/c13-11-3-1-10(2-4-11)7-14-5-6-16-9-12(15)8-14/h1-4,12,15H,5-9H2/t12-/m1/s1. The summed E-state index contributed by atoms with van der Waals surface area (Å²) >= 11 is 0. The number of rotatable bonds is 2. The lowest BCUT2D eigenvalue weighted by Crippen LogP contribution is -2.32. The monoisotopic (exact) mass is 225 g/mol. The molecule has 1 saturated heterocycles. The van der Waals surface area contributed by atoms with Crippen molar-refractivity contribution in [2.75, 3.05) is 26.3 Å². The van der Waals surface area contributed by atoms with Crippen LogP contribution in [0.15, 0.2) is 24.3 Å². The van der Waals surface area contributed by atoms with E-state index in [1.807, 2.05) is 0 Å². The molecule has 0 aliphatic carbocycles. The molecule has 16 heavy (non-hydrogen) atoms. The summed E-state index contributed by atoms with van der Waals surface area (Å²) in [5, 5.41) is 9.56.